The Morgan fingerprint density at radius 3 is 2.56 bits per heavy atom. The first-order valence-corrected chi connectivity index (χ1v) is 8.49. The Morgan fingerprint density at radius 2 is 1.88 bits per heavy atom. The summed E-state index contributed by atoms with van der Waals surface area (Å²) in [7, 11) is 1.66. The molecule has 1 heterocycles. The van der Waals surface area contributed by atoms with Gasteiger partial charge in [0.2, 0.25) is 0 Å². The zero-order chi connectivity index (χ0) is 18.1. The second-order valence-electron chi connectivity index (χ2n) is 5.84. The second kappa shape index (κ2) is 9.68. The number of hydrogen-bond donors (Lipinski definition) is 3. The van der Waals surface area contributed by atoms with Gasteiger partial charge in [-0.05, 0) is 37.6 Å². The Morgan fingerprint density at radius 1 is 1.16 bits per heavy atom. The molecule has 7 nitrogen and oxygen atoms in total. The number of aromatic nitrogens is 2. The van der Waals surface area contributed by atoms with Gasteiger partial charge in [0.05, 0.1) is 13.2 Å². The molecule has 0 saturated heterocycles. The molecule has 0 fully saturated rings. The van der Waals surface area contributed by atoms with Gasteiger partial charge < -0.3 is 25.8 Å². The van der Waals surface area contributed by atoms with Gasteiger partial charge in [-0.1, -0.05) is 13.3 Å². The number of nitrogens with zero attached hydrogens (tertiary/aromatic N) is 2. The van der Waals surface area contributed by atoms with Crippen molar-refractivity contribution in [2.45, 2.75) is 32.7 Å². The molecule has 7 heteroatoms. The summed E-state index contributed by atoms with van der Waals surface area (Å²) in [5.41, 5.74) is 7.52. The standard InChI is InChI=1S/C18H27N5O2/c1-4-5-10-25-15-8-6-14(7-9-15)23-18-16(19)17(20-12-21-18)22-13(2)11-24-3/h6-9,12-13H,4-5,10-11,19H2,1-3H3,(H2,20,21,22,23). The minimum Gasteiger partial charge on any atom is -0.494 e. The summed E-state index contributed by atoms with van der Waals surface area (Å²) in [6.07, 6.45) is 3.64. The number of nitrogens with one attached hydrogen (secondary N) is 2. The third-order valence-corrected chi connectivity index (χ3v) is 3.57. The molecule has 1 unspecified atom stereocenters. The van der Waals surface area contributed by atoms with Crippen molar-refractivity contribution >= 4 is 23.0 Å². The molecular formula is C18H27N5O2. The maximum Gasteiger partial charge on any atom is 0.159 e. The van der Waals surface area contributed by atoms with Crippen molar-refractivity contribution in [1.29, 1.82) is 0 Å². The van der Waals surface area contributed by atoms with Crippen LogP contribution >= 0.6 is 0 Å². The van der Waals surface area contributed by atoms with E-state index in [-0.39, 0.29) is 6.04 Å². The highest BCUT2D eigenvalue weighted by atomic mass is 16.5. The van der Waals surface area contributed by atoms with Crippen molar-refractivity contribution in [2.75, 3.05) is 36.7 Å². The van der Waals surface area contributed by atoms with Gasteiger partial charge in [0.1, 0.15) is 17.8 Å². The van der Waals surface area contributed by atoms with Gasteiger partial charge in [-0.3, -0.25) is 0 Å². The molecule has 1 aromatic heterocycles. The van der Waals surface area contributed by atoms with E-state index in [1.165, 1.54) is 6.33 Å². The van der Waals surface area contributed by atoms with Crippen LogP contribution in [-0.2, 0) is 4.74 Å². The van der Waals surface area contributed by atoms with Crippen molar-refractivity contribution in [3.63, 3.8) is 0 Å². The number of unbranched alkanes of at least 4 members (excludes halogenated alkanes) is 1. The Labute approximate surface area is 149 Å². The largest absolute Gasteiger partial charge is 0.494 e. The summed E-state index contributed by atoms with van der Waals surface area (Å²) in [4.78, 5) is 8.42. The minimum atomic E-state index is 0.0922. The molecule has 25 heavy (non-hydrogen) atoms. The zero-order valence-corrected chi connectivity index (χ0v) is 15.1. The summed E-state index contributed by atoms with van der Waals surface area (Å²) in [5, 5.41) is 6.42. The molecule has 0 amide bonds. The second-order valence-corrected chi connectivity index (χ2v) is 5.84. The highest BCUT2D eigenvalue weighted by Crippen LogP contribution is 2.27. The normalized spacial score (nSPS) is 11.8. The first-order valence-electron chi connectivity index (χ1n) is 8.49. The molecule has 2 rings (SSSR count). The first kappa shape index (κ1) is 18.8. The summed E-state index contributed by atoms with van der Waals surface area (Å²) in [6.45, 7) is 5.43. The van der Waals surface area contributed by atoms with E-state index < -0.39 is 0 Å². The summed E-state index contributed by atoms with van der Waals surface area (Å²) >= 11 is 0. The zero-order valence-electron chi connectivity index (χ0n) is 15.1. The molecule has 0 radical (unpaired) electrons. The van der Waals surface area contributed by atoms with Crippen LogP contribution in [0, 0.1) is 0 Å². The highest BCUT2D eigenvalue weighted by molar-refractivity contribution is 5.77. The lowest BCUT2D eigenvalue weighted by molar-refractivity contribution is 0.190. The monoisotopic (exact) mass is 345 g/mol. The van der Waals surface area contributed by atoms with E-state index in [1.54, 1.807) is 7.11 Å². The van der Waals surface area contributed by atoms with Crippen molar-refractivity contribution in [3.05, 3.63) is 30.6 Å². The third kappa shape index (κ3) is 5.79. The van der Waals surface area contributed by atoms with Crippen LogP contribution in [0.5, 0.6) is 5.75 Å². The Kier molecular flexibility index (Phi) is 7.28. The number of methoxy groups -OCH3 is 1. The minimum absolute atomic E-state index is 0.0922. The van der Waals surface area contributed by atoms with Gasteiger partial charge in [0, 0.05) is 18.8 Å². The van der Waals surface area contributed by atoms with Gasteiger partial charge in [-0.25, -0.2) is 9.97 Å². The van der Waals surface area contributed by atoms with E-state index in [0.717, 1.165) is 30.9 Å². The number of nitrogens with two attached hydrogens (primary N) is 1. The van der Waals surface area contributed by atoms with Crippen molar-refractivity contribution in [1.82, 2.24) is 9.97 Å². The van der Waals surface area contributed by atoms with Crippen molar-refractivity contribution in [2.24, 2.45) is 0 Å². The Bertz CT molecular complexity index is 648. The van der Waals surface area contributed by atoms with Gasteiger partial charge >= 0.3 is 0 Å². The molecule has 4 N–H and O–H groups in total. The molecule has 0 aliphatic heterocycles. The molecule has 1 aromatic carbocycles. The molecule has 136 valence electrons. The van der Waals surface area contributed by atoms with Crippen LogP contribution < -0.4 is 21.1 Å². The quantitative estimate of drug-likeness (QED) is 0.568. The van der Waals surface area contributed by atoms with Gasteiger partial charge in [-0.2, -0.15) is 0 Å². The maximum atomic E-state index is 6.17. The molecule has 0 bridgehead atoms. The molecule has 0 saturated carbocycles. The number of ether oxygens (including phenoxy) is 2. The van der Waals surface area contributed by atoms with Gasteiger partial charge in [0.25, 0.3) is 0 Å². The molecule has 0 spiro atoms. The van der Waals surface area contributed by atoms with Gasteiger partial charge in [-0.15, -0.1) is 0 Å². The van der Waals surface area contributed by atoms with Crippen molar-refractivity contribution < 1.29 is 9.47 Å². The molecule has 0 aliphatic rings. The number of nitrogen functional groups attached to an aromatic ring is 1. The third-order valence-electron chi connectivity index (χ3n) is 3.57. The predicted octanol–water partition coefficient (Wildman–Crippen LogP) is 3.43. The molecule has 0 aliphatic carbocycles. The van der Waals surface area contributed by atoms with Crippen LogP contribution in [0.3, 0.4) is 0 Å². The number of rotatable bonds is 10. The summed E-state index contributed by atoms with van der Waals surface area (Å²) < 4.78 is 10.8. The van der Waals surface area contributed by atoms with Crippen LogP contribution in [0.15, 0.2) is 30.6 Å². The number of hydrogen-bond acceptors (Lipinski definition) is 7. The van der Waals surface area contributed by atoms with Crippen LogP contribution in [0.25, 0.3) is 0 Å². The van der Waals surface area contributed by atoms with Crippen LogP contribution in [0.1, 0.15) is 26.7 Å². The van der Waals surface area contributed by atoms with E-state index in [1.807, 2.05) is 31.2 Å². The number of anilines is 4. The SMILES string of the molecule is CCCCOc1ccc(Nc2ncnc(NC(C)COC)c2N)cc1. The topological polar surface area (TPSA) is 94.3 Å². The van der Waals surface area contributed by atoms with Crippen LogP contribution in [0.4, 0.5) is 23.0 Å². The fraction of sp³-hybridized carbons (Fsp3) is 0.444. The molecule has 2 aromatic rings. The van der Waals surface area contributed by atoms with Crippen LogP contribution in [-0.4, -0.2) is 36.3 Å². The first-order chi connectivity index (χ1) is 12.1. The predicted molar refractivity (Wildman–Crippen MR) is 102 cm³/mol. The average molecular weight is 345 g/mol. The van der Waals surface area contributed by atoms with Gasteiger partial charge in [0.15, 0.2) is 11.6 Å². The van der Waals surface area contributed by atoms with E-state index >= 15 is 0 Å². The fourth-order valence-corrected chi connectivity index (χ4v) is 2.24. The van der Waals surface area contributed by atoms with Crippen molar-refractivity contribution in [3.8, 4) is 5.75 Å². The average Bonchev–Trinajstić information content (AvgIpc) is 2.60. The lowest BCUT2D eigenvalue weighted by Gasteiger charge is -2.16. The number of benzene rings is 1. The maximum absolute atomic E-state index is 6.17. The smallest absolute Gasteiger partial charge is 0.159 e. The fourth-order valence-electron chi connectivity index (χ4n) is 2.24. The van der Waals surface area contributed by atoms with E-state index in [4.69, 9.17) is 15.2 Å². The highest BCUT2D eigenvalue weighted by Gasteiger charge is 2.11. The van der Waals surface area contributed by atoms with Crippen LogP contribution in [0.2, 0.25) is 0 Å². The molecular weight excluding hydrogens is 318 g/mol. The Hall–Kier alpha value is -2.54. The van der Waals surface area contributed by atoms with E-state index in [0.29, 0.717) is 23.9 Å². The Balaban J connectivity index is 2.02. The molecule has 1 atom stereocenters. The summed E-state index contributed by atoms with van der Waals surface area (Å²) in [5.74, 6) is 1.99. The lowest BCUT2D eigenvalue weighted by Crippen LogP contribution is -2.22. The van der Waals surface area contributed by atoms with E-state index in [9.17, 15) is 0 Å². The lowest BCUT2D eigenvalue weighted by atomic mass is 10.3. The van der Waals surface area contributed by atoms with E-state index in [2.05, 4.69) is 27.5 Å². The summed E-state index contributed by atoms with van der Waals surface area (Å²) in [6, 6.07) is 7.81.